The molecule has 0 aliphatic heterocycles. The molecular weight excluding hydrogens is 539 g/mol. The van der Waals surface area contributed by atoms with Crippen LogP contribution in [-0.2, 0) is 22.6 Å². The number of benzene rings is 3. The van der Waals surface area contributed by atoms with Gasteiger partial charge in [0, 0.05) is 5.56 Å². The van der Waals surface area contributed by atoms with E-state index in [0.29, 0.717) is 24.3 Å². The third kappa shape index (κ3) is 11.0. The highest BCUT2D eigenvalue weighted by Gasteiger charge is 2.23. The smallest absolute Gasteiger partial charge is 0.326 e. The zero-order valence-corrected chi connectivity index (χ0v) is 26.2. The Morgan fingerprint density at radius 1 is 0.925 bits per heavy atom. The first-order valence-electron chi connectivity index (χ1n) is 13.6. The maximum Gasteiger partial charge on any atom is 0.326 e. The molecule has 0 aliphatic rings. The van der Waals surface area contributed by atoms with Crippen LogP contribution in [0.15, 0.2) is 66.7 Å². The number of nitrogens with one attached hydrogen (secondary N) is 1. The summed E-state index contributed by atoms with van der Waals surface area (Å²) in [6.07, 6.45) is 5.23. The van der Waals surface area contributed by atoms with E-state index in [1.54, 1.807) is 17.8 Å². The molecule has 0 spiro atoms. The molecule has 0 saturated heterocycles. The average Bonchev–Trinajstić information content (AvgIpc) is 2.94. The van der Waals surface area contributed by atoms with E-state index >= 15 is 0 Å². The largest absolute Gasteiger partial charge is 0.480 e. The first-order valence-corrected chi connectivity index (χ1v) is 16.4. The molecule has 5 nitrogen and oxygen atoms in total. The Hall–Kier alpha value is -2.74. The third-order valence-corrected chi connectivity index (χ3v) is 7.63. The van der Waals surface area contributed by atoms with Crippen molar-refractivity contribution in [3.8, 4) is 11.1 Å². The number of thioether (sulfide) groups is 2. The molecule has 2 N–H and O–H groups in total. The SMILES string of the molecule is CCSC.CSCCC(NC(=O)c1ccc(COC(C)Cc2cccc(C)c2)cc1-c1ccccc1C)C(=O)O. The number of carbonyl (C=O) groups is 2. The lowest BCUT2D eigenvalue weighted by Gasteiger charge is -2.18. The molecule has 216 valence electrons. The van der Waals surface area contributed by atoms with E-state index < -0.39 is 12.0 Å². The molecule has 0 aromatic heterocycles. The highest BCUT2D eigenvalue weighted by molar-refractivity contribution is 7.98. The highest BCUT2D eigenvalue weighted by atomic mass is 32.2. The van der Waals surface area contributed by atoms with Crippen LogP contribution in [0.4, 0.5) is 0 Å². The zero-order chi connectivity index (χ0) is 29.5. The summed E-state index contributed by atoms with van der Waals surface area (Å²) in [6.45, 7) is 8.71. The summed E-state index contributed by atoms with van der Waals surface area (Å²) in [5, 5.41) is 12.3. The maximum absolute atomic E-state index is 13.2. The fourth-order valence-electron chi connectivity index (χ4n) is 4.17. The predicted octanol–water partition coefficient (Wildman–Crippen LogP) is 7.42. The van der Waals surface area contributed by atoms with Gasteiger partial charge in [0.2, 0.25) is 0 Å². The summed E-state index contributed by atoms with van der Waals surface area (Å²) in [5.41, 5.74) is 6.63. The van der Waals surface area contributed by atoms with Gasteiger partial charge in [-0.25, -0.2) is 4.79 Å². The number of carboxylic acid groups (broad SMARTS) is 1. The summed E-state index contributed by atoms with van der Waals surface area (Å²) in [4.78, 5) is 24.9. The van der Waals surface area contributed by atoms with Crippen LogP contribution in [0.1, 0.15) is 52.9 Å². The summed E-state index contributed by atoms with van der Waals surface area (Å²) in [6, 6.07) is 21.0. The minimum absolute atomic E-state index is 0.0319. The molecule has 0 saturated carbocycles. The van der Waals surface area contributed by atoms with Crippen molar-refractivity contribution < 1.29 is 19.4 Å². The normalized spacial score (nSPS) is 12.2. The summed E-state index contributed by atoms with van der Waals surface area (Å²) < 4.78 is 6.15. The van der Waals surface area contributed by atoms with Gasteiger partial charge in [-0.1, -0.05) is 67.1 Å². The standard InChI is InChI=1S/C30H35NO4S.C3H8S/c1-20-8-7-10-23(16-20)17-22(3)35-19-24-12-13-26(27(18-24)25-11-6-5-9-21(25)2)29(32)31-28(30(33)34)14-15-36-4;1-3-4-2/h5-13,16,18,22,28H,14-15,17,19H2,1-4H3,(H,31,32)(H,33,34);3H2,1-2H3. The van der Waals surface area contributed by atoms with Crippen molar-refractivity contribution in [2.75, 3.05) is 24.0 Å². The van der Waals surface area contributed by atoms with Gasteiger partial charge >= 0.3 is 5.97 Å². The molecule has 3 aromatic rings. The zero-order valence-electron chi connectivity index (χ0n) is 24.5. The molecule has 3 rings (SSSR count). The van der Waals surface area contributed by atoms with E-state index in [9.17, 15) is 14.7 Å². The molecule has 2 unspecified atom stereocenters. The lowest BCUT2D eigenvalue weighted by atomic mass is 9.93. The molecule has 2 atom stereocenters. The van der Waals surface area contributed by atoms with Gasteiger partial charge in [-0.3, -0.25) is 4.79 Å². The second kappa shape index (κ2) is 17.8. The number of aliphatic carboxylic acids is 1. The second-order valence-electron chi connectivity index (χ2n) is 9.73. The van der Waals surface area contributed by atoms with Crippen molar-refractivity contribution in [2.45, 2.75) is 59.3 Å². The Bertz CT molecular complexity index is 1230. The average molecular weight is 582 g/mol. The lowest BCUT2D eigenvalue weighted by molar-refractivity contribution is -0.139. The quantitative estimate of drug-likeness (QED) is 0.219. The third-order valence-electron chi connectivity index (χ3n) is 6.41. The highest BCUT2D eigenvalue weighted by Crippen LogP contribution is 2.29. The summed E-state index contributed by atoms with van der Waals surface area (Å²) >= 11 is 3.41. The number of rotatable bonds is 13. The van der Waals surface area contributed by atoms with Gasteiger partial charge in [0.15, 0.2) is 0 Å². The Balaban J connectivity index is 0.00000131. The van der Waals surface area contributed by atoms with Crippen LogP contribution in [0, 0.1) is 13.8 Å². The number of carbonyl (C=O) groups excluding carboxylic acids is 1. The molecule has 3 aromatic carbocycles. The van der Waals surface area contributed by atoms with Crippen LogP contribution in [0.5, 0.6) is 0 Å². The molecule has 0 fully saturated rings. The van der Waals surface area contributed by atoms with Crippen molar-refractivity contribution in [3.63, 3.8) is 0 Å². The monoisotopic (exact) mass is 581 g/mol. The van der Waals surface area contributed by atoms with Crippen LogP contribution >= 0.6 is 23.5 Å². The van der Waals surface area contributed by atoms with Gasteiger partial charge in [-0.15, -0.1) is 0 Å². The first kappa shape index (κ1) is 33.5. The fraction of sp³-hybridized carbons (Fsp3) is 0.394. The van der Waals surface area contributed by atoms with Gasteiger partial charge in [-0.05, 0) is 97.6 Å². The Labute approximate surface area is 248 Å². The van der Waals surface area contributed by atoms with Gasteiger partial charge in [0.25, 0.3) is 5.91 Å². The van der Waals surface area contributed by atoms with Gasteiger partial charge in [0.1, 0.15) is 6.04 Å². The predicted molar refractivity (Wildman–Crippen MR) is 172 cm³/mol. The van der Waals surface area contributed by atoms with E-state index in [-0.39, 0.29) is 12.0 Å². The van der Waals surface area contributed by atoms with Crippen molar-refractivity contribution >= 4 is 35.4 Å². The Kier molecular flexibility index (Phi) is 14.9. The first-order chi connectivity index (χ1) is 19.2. The molecular formula is C33H43NO4S2. The van der Waals surface area contributed by atoms with Crippen molar-refractivity contribution in [1.29, 1.82) is 0 Å². The second-order valence-corrected chi connectivity index (χ2v) is 11.9. The number of amides is 1. The van der Waals surface area contributed by atoms with E-state index in [1.807, 2.05) is 61.3 Å². The molecule has 0 aliphatic carbocycles. The topological polar surface area (TPSA) is 75.6 Å². The minimum Gasteiger partial charge on any atom is -0.480 e. The van der Waals surface area contributed by atoms with E-state index in [1.165, 1.54) is 16.9 Å². The molecule has 7 heteroatoms. The van der Waals surface area contributed by atoms with Crippen LogP contribution in [-0.4, -0.2) is 53.1 Å². The fourth-order valence-corrected chi connectivity index (χ4v) is 4.65. The van der Waals surface area contributed by atoms with Crippen LogP contribution < -0.4 is 5.32 Å². The van der Waals surface area contributed by atoms with Crippen LogP contribution in [0.3, 0.4) is 0 Å². The van der Waals surface area contributed by atoms with E-state index in [0.717, 1.165) is 28.7 Å². The lowest BCUT2D eigenvalue weighted by Crippen LogP contribution is -2.41. The summed E-state index contributed by atoms with van der Waals surface area (Å²) in [5.74, 6) is 0.475. The van der Waals surface area contributed by atoms with Crippen molar-refractivity contribution in [2.24, 2.45) is 0 Å². The maximum atomic E-state index is 13.2. The molecule has 0 radical (unpaired) electrons. The minimum atomic E-state index is -1.03. The van der Waals surface area contributed by atoms with Gasteiger partial charge in [-0.2, -0.15) is 23.5 Å². The van der Waals surface area contributed by atoms with Crippen molar-refractivity contribution in [1.82, 2.24) is 5.32 Å². The number of ether oxygens (including phenoxy) is 1. The molecule has 1 amide bonds. The Morgan fingerprint density at radius 3 is 2.27 bits per heavy atom. The van der Waals surface area contributed by atoms with Crippen LogP contribution in [0.2, 0.25) is 0 Å². The van der Waals surface area contributed by atoms with E-state index in [4.69, 9.17) is 4.74 Å². The molecule has 0 bridgehead atoms. The molecule has 0 heterocycles. The number of hydrogen-bond donors (Lipinski definition) is 2. The number of aryl methyl sites for hydroxylation is 2. The van der Waals surface area contributed by atoms with Crippen molar-refractivity contribution in [3.05, 3.63) is 94.5 Å². The Morgan fingerprint density at radius 2 is 1.65 bits per heavy atom. The van der Waals surface area contributed by atoms with Gasteiger partial charge < -0.3 is 15.2 Å². The number of hydrogen-bond acceptors (Lipinski definition) is 5. The van der Waals surface area contributed by atoms with Gasteiger partial charge in [0.05, 0.1) is 12.7 Å². The van der Waals surface area contributed by atoms with E-state index in [2.05, 4.69) is 56.6 Å². The molecule has 40 heavy (non-hydrogen) atoms. The summed E-state index contributed by atoms with van der Waals surface area (Å²) in [7, 11) is 0. The van der Waals surface area contributed by atoms with Crippen LogP contribution in [0.25, 0.3) is 11.1 Å². The number of carboxylic acids is 1.